The first-order valence-electron chi connectivity index (χ1n) is 2.19. The van der Waals surface area contributed by atoms with Crippen molar-refractivity contribution in [1.29, 1.82) is 0 Å². The molecule has 0 fully saturated rings. The number of hydrogen-bond donors (Lipinski definition) is 1. The molecule has 5 nitrogen and oxygen atoms in total. The predicted molar refractivity (Wildman–Crippen MR) is 30.2 cm³/mol. The number of aldehydes is 1. The summed E-state index contributed by atoms with van der Waals surface area (Å²) in [4.78, 5) is 18.8. The largest absolute Gasteiger partial charge is 0.388 e. The minimum Gasteiger partial charge on any atom is -0.388 e. The van der Waals surface area contributed by atoms with E-state index in [1.54, 1.807) is 0 Å². The van der Waals surface area contributed by atoms with Crippen LogP contribution in [0.3, 0.4) is 0 Å². The minimum atomic E-state index is -0.760. The van der Waals surface area contributed by atoms with Gasteiger partial charge in [0.15, 0.2) is 0 Å². The monoisotopic (exact) mass is 130 g/mol. The van der Waals surface area contributed by atoms with E-state index in [-0.39, 0.29) is 6.29 Å². The van der Waals surface area contributed by atoms with Crippen molar-refractivity contribution in [2.45, 2.75) is 0 Å². The van der Waals surface area contributed by atoms with Crippen LogP contribution in [0.1, 0.15) is 0 Å². The fourth-order valence-electron chi connectivity index (χ4n) is 0.278. The molecule has 0 heterocycles. The zero-order valence-electron chi connectivity index (χ0n) is 4.83. The molecular weight excluding hydrogens is 124 g/mol. The number of nitrogens with zero attached hydrogens (tertiary/aromatic N) is 1. The molecule has 0 radical (unpaired) electrons. The highest BCUT2D eigenvalue weighted by molar-refractivity contribution is 5.69. The highest BCUT2D eigenvalue weighted by Crippen LogP contribution is 1.85. The molecule has 0 amide bonds. The fraction of sp³-hybridized carbons (Fsp3) is 0.250. The SMILES string of the molecule is CNC=C(C=O)[N+](=O)[O-]. The molecule has 0 saturated carbocycles. The minimum absolute atomic E-state index is 0.177. The van der Waals surface area contributed by atoms with Crippen LogP contribution in [0.4, 0.5) is 0 Å². The molecule has 1 N–H and O–H groups in total. The third kappa shape index (κ3) is 2.43. The van der Waals surface area contributed by atoms with Gasteiger partial charge in [0.2, 0.25) is 6.29 Å². The maximum atomic E-state index is 9.79. The Morgan fingerprint density at radius 2 is 2.33 bits per heavy atom. The smallest absolute Gasteiger partial charge is 0.324 e. The summed E-state index contributed by atoms with van der Waals surface area (Å²) in [6.07, 6.45) is 1.20. The van der Waals surface area contributed by atoms with E-state index in [4.69, 9.17) is 0 Å². The average molecular weight is 130 g/mol. The van der Waals surface area contributed by atoms with Gasteiger partial charge in [-0.25, -0.2) is 0 Å². The Balaban J connectivity index is 4.14. The van der Waals surface area contributed by atoms with E-state index in [1.807, 2.05) is 0 Å². The van der Waals surface area contributed by atoms with Crippen molar-refractivity contribution in [2.75, 3.05) is 7.05 Å². The van der Waals surface area contributed by atoms with Crippen molar-refractivity contribution in [2.24, 2.45) is 0 Å². The quantitative estimate of drug-likeness (QED) is 0.242. The maximum absolute atomic E-state index is 9.79. The molecule has 0 rings (SSSR count). The summed E-state index contributed by atoms with van der Waals surface area (Å²) in [5.41, 5.74) is -0.475. The van der Waals surface area contributed by atoms with Gasteiger partial charge >= 0.3 is 5.70 Å². The molecule has 0 unspecified atom stereocenters. The van der Waals surface area contributed by atoms with Gasteiger partial charge in [0.05, 0.1) is 11.1 Å². The normalized spacial score (nSPS) is 10.6. The third-order valence-corrected chi connectivity index (χ3v) is 0.624. The molecule has 5 heteroatoms. The van der Waals surface area contributed by atoms with Crippen molar-refractivity contribution in [3.8, 4) is 0 Å². The molecule has 0 aromatic carbocycles. The Kier molecular flexibility index (Phi) is 3.04. The predicted octanol–water partition coefficient (Wildman–Crippen LogP) is -0.477. The Bertz CT molecular complexity index is 152. The van der Waals surface area contributed by atoms with Crippen molar-refractivity contribution >= 4 is 6.29 Å². The topological polar surface area (TPSA) is 72.2 Å². The molecule has 0 saturated heterocycles. The lowest BCUT2D eigenvalue weighted by atomic mass is 10.5. The number of hydrogen-bond acceptors (Lipinski definition) is 4. The molecule has 0 aromatic rings. The molecule has 0 aromatic heterocycles. The van der Waals surface area contributed by atoms with E-state index < -0.39 is 10.6 Å². The summed E-state index contributed by atoms with van der Waals surface area (Å²) in [5.74, 6) is 0. The molecule has 9 heavy (non-hydrogen) atoms. The Labute approximate surface area is 51.5 Å². The number of allylic oxidation sites excluding steroid dienone is 1. The van der Waals surface area contributed by atoms with Crippen LogP contribution in [0.15, 0.2) is 11.9 Å². The van der Waals surface area contributed by atoms with Gasteiger partial charge < -0.3 is 5.32 Å². The first kappa shape index (κ1) is 7.61. The molecule has 0 aliphatic heterocycles. The Morgan fingerprint density at radius 3 is 2.44 bits per heavy atom. The van der Waals surface area contributed by atoms with E-state index >= 15 is 0 Å². The van der Waals surface area contributed by atoms with Gasteiger partial charge in [-0.1, -0.05) is 0 Å². The van der Waals surface area contributed by atoms with Gasteiger partial charge in [-0.15, -0.1) is 0 Å². The molecule has 0 bridgehead atoms. The van der Waals surface area contributed by atoms with Gasteiger partial charge in [-0.05, 0) is 0 Å². The average Bonchev–Trinajstić information content (AvgIpc) is 1.82. The van der Waals surface area contributed by atoms with Crippen LogP contribution in [0, 0.1) is 10.1 Å². The summed E-state index contributed by atoms with van der Waals surface area (Å²) >= 11 is 0. The highest BCUT2D eigenvalue weighted by Gasteiger charge is 2.05. The van der Waals surface area contributed by atoms with Crippen molar-refractivity contribution < 1.29 is 9.72 Å². The summed E-state index contributed by atoms with van der Waals surface area (Å²) in [6, 6.07) is 0. The van der Waals surface area contributed by atoms with Gasteiger partial charge in [0.25, 0.3) is 0 Å². The number of rotatable bonds is 3. The Hall–Kier alpha value is -1.39. The second-order valence-corrected chi connectivity index (χ2v) is 1.23. The van der Waals surface area contributed by atoms with E-state index in [1.165, 1.54) is 7.05 Å². The van der Waals surface area contributed by atoms with Crippen LogP contribution in [-0.4, -0.2) is 18.3 Å². The summed E-state index contributed by atoms with van der Waals surface area (Å²) in [5, 5.41) is 12.2. The summed E-state index contributed by atoms with van der Waals surface area (Å²) < 4.78 is 0. The second kappa shape index (κ2) is 3.59. The van der Waals surface area contributed by atoms with Crippen LogP contribution < -0.4 is 5.32 Å². The number of nitrogens with one attached hydrogen (secondary N) is 1. The van der Waals surface area contributed by atoms with E-state index in [0.717, 1.165) is 6.20 Å². The van der Waals surface area contributed by atoms with Gasteiger partial charge in [0, 0.05) is 7.05 Å². The van der Waals surface area contributed by atoms with Crippen molar-refractivity contribution in [1.82, 2.24) is 5.32 Å². The standard InChI is InChI=1S/C4H6N2O3/c1-5-2-4(3-7)6(8)9/h2-3,5H,1H3. The zero-order chi connectivity index (χ0) is 7.28. The molecular formula is C4H6N2O3. The molecule has 50 valence electrons. The first-order valence-corrected chi connectivity index (χ1v) is 2.19. The van der Waals surface area contributed by atoms with Crippen molar-refractivity contribution in [3.05, 3.63) is 22.0 Å². The van der Waals surface area contributed by atoms with E-state index in [0.29, 0.717) is 0 Å². The zero-order valence-corrected chi connectivity index (χ0v) is 4.83. The van der Waals surface area contributed by atoms with Gasteiger partial charge in [-0.3, -0.25) is 14.9 Å². The van der Waals surface area contributed by atoms with E-state index in [2.05, 4.69) is 5.32 Å². The third-order valence-electron chi connectivity index (χ3n) is 0.624. The fourth-order valence-corrected chi connectivity index (χ4v) is 0.278. The highest BCUT2D eigenvalue weighted by atomic mass is 16.6. The molecule has 0 aliphatic carbocycles. The lowest BCUT2D eigenvalue weighted by molar-refractivity contribution is -0.417. The van der Waals surface area contributed by atoms with Crippen LogP contribution in [0.25, 0.3) is 0 Å². The van der Waals surface area contributed by atoms with E-state index in [9.17, 15) is 14.9 Å². The molecule has 0 atom stereocenters. The number of carbonyl (C=O) groups excluding carboxylic acids is 1. The van der Waals surface area contributed by atoms with Crippen LogP contribution in [0.5, 0.6) is 0 Å². The number of nitro groups is 1. The van der Waals surface area contributed by atoms with Crippen LogP contribution in [-0.2, 0) is 4.79 Å². The lowest BCUT2D eigenvalue weighted by Crippen LogP contribution is -2.05. The lowest BCUT2D eigenvalue weighted by Gasteiger charge is -1.85. The Morgan fingerprint density at radius 1 is 1.78 bits per heavy atom. The van der Waals surface area contributed by atoms with Crippen LogP contribution in [0.2, 0.25) is 0 Å². The summed E-state index contributed by atoms with van der Waals surface area (Å²) in [6.45, 7) is 0. The summed E-state index contributed by atoms with van der Waals surface area (Å²) in [7, 11) is 1.48. The molecule has 0 spiro atoms. The first-order chi connectivity index (χ1) is 4.22. The van der Waals surface area contributed by atoms with Gasteiger partial charge in [-0.2, -0.15) is 0 Å². The van der Waals surface area contributed by atoms with Gasteiger partial charge in [0.1, 0.15) is 0 Å². The number of carbonyl (C=O) groups is 1. The second-order valence-electron chi connectivity index (χ2n) is 1.23. The molecule has 0 aliphatic rings. The maximum Gasteiger partial charge on any atom is 0.324 e. The van der Waals surface area contributed by atoms with Crippen molar-refractivity contribution in [3.63, 3.8) is 0 Å². The van der Waals surface area contributed by atoms with Crippen LogP contribution >= 0.6 is 0 Å².